The fourth-order valence-electron chi connectivity index (χ4n) is 2.19. The van der Waals surface area contributed by atoms with E-state index in [1.165, 1.54) is 0 Å². The van der Waals surface area contributed by atoms with Crippen molar-refractivity contribution in [3.63, 3.8) is 0 Å². The summed E-state index contributed by atoms with van der Waals surface area (Å²) >= 11 is 0. The Bertz CT molecular complexity index is 475. The van der Waals surface area contributed by atoms with Crippen LogP contribution in [0.2, 0.25) is 0 Å². The van der Waals surface area contributed by atoms with Gasteiger partial charge in [0.1, 0.15) is 0 Å². The predicted molar refractivity (Wildman–Crippen MR) is 77.9 cm³/mol. The van der Waals surface area contributed by atoms with E-state index >= 15 is 0 Å². The molecule has 1 amide bonds. The maximum atomic E-state index is 11.8. The number of anilines is 1. The fraction of sp³-hybridized carbons (Fsp3) is 0.429. The van der Waals surface area contributed by atoms with E-state index in [2.05, 4.69) is 5.32 Å². The molecule has 1 aromatic carbocycles. The van der Waals surface area contributed by atoms with Gasteiger partial charge in [-0.3, -0.25) is 9.59 Å². The maximum absolute atomic E-state index is 11.8. The molecule has 5 heteroatoms. The number of nitrogens with two attached hydrogens (primary N) is 1. The lowest BCUT2D eigenvalue weighted by Gasteiger charge is -2.15. The van der Waals surface area contributed by atoms with Crippen molar-refractivity contribution in [2.24, 2.45) is 5.73 Å². The molecule has 1 aliphatic rings. The lowest BCUT2D eigenvalue weighted by molar-refractivity contribution is -0.116. The van der Waals surface area contributed by atoms with E-state index in [4.69, 9.17) is 5.73 Å². The van der Waals surface area contributed by atoms with Crippen LogP contribution in [0, 0.1) is 0 Å². The number of hydrogen-bond acceptors (Lipinski definition) is 3. The zero-order valence-electron chi connectivity index (χ0n) is 10.8. The summed E-state index contributed by atoms with van der Waals surface area (Å²) in [5.41, 5.74) is 7.91. The summed E-state index contributed by atoms with van der Waals surface area (Å²) in [7, 11) is 0. The molecule has 3 N–H and O–H groups in total. The molecule has 0 fully saturated rings. The van der Waals surface area contributed by atoms with Gasteiger partial charge < -0.3 is 11.1 Å². The molecule has 0 aliphatic heterocycles. The number of aryl methyl sites for hydroxylation is 1. The summed E-state index contributed by atoms with van der Waals surface area (Å²) < 4.78 is 0. The summed E-state index contributed by atoms with van der Waals surface area (Å²) in [6.07, 6.45) is 3.57. The first kappa shape index (κ1) is 15.7. The number of amides is 1. The third kappa shape index (κ3) is 4.04. The van der Waals surface area contributed by atoms with Gasteiger partial charge in [0, 0.05) is 24.1 Å². The topological polar surface area (TPSA) is 72.2 Å². The Balaban J connectivity index is 0.00000180. The molecule has 4 nitrogen and oxygen atoms in total. The van der Waals surface area contributed by atoms with Crippen LogP contribution in [0.3, 0.4) is 0 Å². The van der Waals surface area contributed by atoms with Crippen molar-refractivity contribution in [3.05, 3.63) is 29.3 Å². The maximum Gasteiger partial charge on any atom is 0.224 e. The van der Waals surface area contributed by atoms with Gasteiger partial charge in [-0.05, 0) is 43.5 Å². The van der Waals surface area contributed by atoms with Crippen LogP contribution >= 0.6 is 12.4 Å². The molecule has 0 spiro atoms. The fourth-order valence-corrected chi connectivity index (χ4v) is 2.19. The van der Waals surface area contributed by atoms with Gasteiger partial charge in [-0.15, -0.1) is 12.4 Å². The zero-order valence-corrected chi connectivity index (χ0v) is 11.6. The number of Topliss-reactive ketones (excluding diaryl/α,β-unsaturated/α-hetero) is 1. The predicted octanol–water partition coefficient (Wildman–Crippen LogP) is 2.30. The molecule has 0 heterocycles. The van der Waals surface area contributed by atoms with E-state index < -0.39 is 0 Å². The van der Waals surface area contributed by atoms with E-state index in [1.54, 1.807) is 6.07 Å². The Labute approximate surface area is 119 Å². The SMILES string of the molecule is Cl.NCCCC(=O)Nc1ccc2c(c1)C(=O)CCC2. The minimum atomic E-state index is -0.0522. The molecule has 104 valence electrons. The van der Waals surface area contributed by atoms with Crippen molar-refractivity contribution in [3.8, 4) is 0 Å². The van der Waals surface area contributed by atoms with E-state index in [0.29, 0.717) is 31.5 Å². The van der Waals surface area contributed by atoms with E-state index in [9.17, 15) is 9.59 Å². The molecular weight excluding hydrogens is 264 g/mol. The van der Waals surface area contributed by atoms with Crippen molar-refractivity contribution < 1.29 is 9.59 Å². The second kappa shape index (κ2) is 7.26. The number of nitrogens with one attached hydrogen (secondary N) is 1. The van der Waals surface area contributed by atoms with Crippen LogP contribution in [0.5, 0.6) is 0 Å². The normalized spacial score (nSPS) is 13.4. The summed E-state index contributed by atoms with van der Waals surface area (Å²) in [6.45, 7) is 0.510. The molecule has 19 heavy (non-hydrogen) atoms. The third-order valence-corrected chi connectivity index (χ3v) is 3.15. The Morgan fingerprint density at radius 3 is 2.84 bits per heavy atom. The van der Waals surface area contributed by atoms with Crippen molar-refractivity contribution in [2.45, 2.75) is 32.1 Å². The highest BCUT2D eigenvalue weighted by molar-refractivity contribution is 6.00. The van der Waals surface area contributed by atoms with Crippen LogP contribution in [-0.4, -0.2) is 18.2 Å². The highest BCUT2D eigenvalue weighted by atomic mass is 35.5. The first-order chi connectivity index (χ1) is 8.70. The molecular formula is C14H19ClN2O2. The summed E-state index contributed by atoms with van der Waals surface area (Å²) in [5, 5.41) is 2.80. The molecule has 0 unspecified atom stereocenters. The quantitative estimate of drug-likeness (QED) is 0.890. The Morgan fingerprint density at radius 2 is 2.11 bits per heavy atom. The molecule has 0 bridgehead atoms. The van der Waals surface area contributed by atoms with Gasteiger partial charge in [0.05, 0.1) is 0 Å². The number of ketones is 1. The van der Waals surface area contributed by atoms with Crippen LogP contribution in [0.25, 0.3) is 0 Å². The van der Waals surface area contributed by atoms with Crippen molar-refractivity contribution in [1.29, 1.82) is 0 Å². The number of carbonyl (C=O) groups excluding carboxylic acids is 2. The molecule has 0 saturated carbocycles. The number of halogens is 1. The monoisotopic (exact) mass is 282 g/mol. The van der Waals surface area contributed by atoms with E-state index in [-0.39, 0.29) is 24.1 Å². The highest BCUT2D eigenvalue weighted by Gasteiger charge is 2.17. The van der Waals surface area contributed by atoms with E-state index in [1.807, 2.05) is 12.1 Å². The second-order valence-corrected chi connectivity index (χ2v) is 4.59. The Morgan fingerprint density at radius 1 is 1.32 bits per heavy atom. The number of hydrogen-bond donors (Lipinski definition) is 2. The average Bonchev–Trinajstić information content (AvgIpc) is 2.37. The molecule has 1 aromatic rings. The minimum absolute atomic E-state index is 0. The average molecular weight is 283 g/mol. The van der Waals surface area contributed by atoms with Crippen LogP contribution < -0.4 is 11.1 Å². The summed E-state index contributed by atoms with van der Waals surface area (Å²) in [6, 6.07) is 5.58. The molecule has 0 atom stereocenters. The molecule has 2 rings (SSSR count). The second-order valence-electron chi connectivity index (χ2n) is 4.59. The lowest BCUT2D eigenvalue weighted by Crippen LogP contribution is -2.15. The number of rotatable bonds is 4. The smallest absolute Gasteiger partial charge is 0.224 e. The largest absolute Gasteiger partial charge is 0.330 e. The van der Waals surface area contributed by atoms with Crippen LogP contribution in [0.4, 0.5) is 5.69 Å². The molecule has 0 saturated heterocycles. The number of fused-ring (bicyclic) bond motifs is 1. The van der Waals surface area contributed by atoms with Crippen molar-refractivity contribution in [1.82, 2.24) is 0 Å². The number of benzene rings is 1. The van der Waals surface area contributed by atoms with Crippen molar-refractivity contribution in [2.75, 3.05) is 11.9 Å². The summed E-state index contributed by atoms with van der Waals surface area (Å²) in [4.78, 5) is 23.3. The molecule has 0 radical (unpaired) electrons. The van der Waals surface area contributed by atoms with Crippen molar-refractivity contribution >= 4 is 29.8 Å². The van der Waals surface area contributed by atoms with Gasteiger partial charge in [0.25, 0.3) is 0 Å². The highest BCUT2D eigenvalue weighted by Crippen LogP contribution is 2.24. The van der Waals surface area contributed by atoms with Gasteiger partial charge >= 0.3 is 0 Å². The van der Waals surface area contributed by atoms with Crippen LogP contribution in [-0.2, 0) is 11.2 Å². The first-order valence-corrected chi connectivity index (χ1v) is 6.37. The van der Waals surface area contributed by atoms with Gasteiger partial charge in [0.2, 0.25) is 5.91 Å². The van der Waals surface area contributed by atoms with E-state index in [0.717, 1.165) is 24.0 Å². The zero-order chi connectivity index (χ0) is 13.0. The standard InChI is InChI=1S/C14H18N2O2.ClH/c15-8-2-5-14(18)16-11-7-6-10-3-1-4-13(17)12(10)9-11;/h6-7,9H,1-5,8,15H2,(H,16,18);1H. The Hall–Kier alpha value is -1.39. The third-order valence-electron chi connectivity index (χ3n) is 3.15. The molecule has 0 aromatic heterocycles. The summed E-state index contributed by atoms with van der Waals surface area (Å²) in [5.74, 6) is 0.123. The minimum Gasteiger partial charge on any atom is -0.330 e. The Kier molecular flexibility index (Phi) is 5.99. The van der Waals surface area contributed by atoms with Crippen LogP contribution in [0.1, 0.15) is 41.6 Å². The van der Waals surface area contributed by atoms with Gasteiger partial charge in [-0.1, -0.05) is 6.07 Å². The molecule has 1 aliphatic carbocycles. The van der Waals surface area contributed by atoms with Gasteiger partial charge in [0.15, 0.2) is 5.78 Å². The lowest BCUT2D eigenvalue weighted by atomic mass is 9.90. The number of carbonyl (C=O) groups is 2. The first-order valence-electron chi connectivity index (χ1n) is 6.37. The van der Waals surface area contributed by atoms with Gasteiger partial charge in [-0.2, -0.15) is 0 Å². The van der Waals surface area contributed by atoms with Gasteiger partial charge in [-0.25, -0.2) is 0 Å². The van der Waals surface area contributed by atoms with Crippen LogP contribution in [0.15, 0.2) is 18.2 Å².